The molecule has 3 aromatic rings. The van der Waals surface area contributed by atoms with Gasteiger partial charge in [-0.15, -0.1) is 0 Å². The number of benzene rings is 2. The highest BCUT2D eigenvalue weighted by Gasteiger charge is 2.33. The lowest BCUT2D eigenvalue weighted by Crippen LogP contribution is -2.11. The number of hydrogen-bond donors (Lipinski definition) is 2. The minimum Gasteiger partial charge on any atom is -0.489 e. The second-order valence-electron chi connectivity index (χ2n) is 6.84. The zero-order valence-corrected chi connectivity index (χ0v) is 15.0. The predicted octanol–water partition coefficient (Wildman–Crippen LogP) is 5.69. The average molecular weight is 374 g/mol. The van der Waals surface area contributed by atoms with E-state index in [1.165, 1.54) is 17.3 Å². The molecule has 0 aliphatic heterocycles. The smallest absolute Gasteiger partial charge is 0.418 e. The van der Waals surface area contributed by atoms with Crippen LogP contribution in [0, 0.1) is 0 Å². The summed E-state index contributed by atoms with van der Waals surface area (Å²) in [5, 5.41) is 3.91. The zero-order chi connectivity index (χ0) is 19.0. The molecule has 3 nitrogen and oxygen atoms in total. The second kappa shape index (κ2) is 6.83. The molecule has 2 N–H and O–H groups in total. The number of rotatable bonds is 5. The summed E-state index contributed by atoms with van der Waals surface area (Å²) < 4.78 is 45.7. The summed E-state index contributed by atoms with van der Waals surface area (Å²) in [6, 6.07) is 10.1. The Morgan fingerprint density at radius 2 is 1.96 bits per heavy atom. The first-order chi connectivity index (χ1) is 13.0. The van der Waals surface area contributed by atoms with Crippen LogP contribution in [0.4, 0.5) is 18.9 Å². The van der Waals surface area contributed by atoms with Crippen LogP contribution in [0.2, 0.25) is 0 Å². The van der Waals surface area contributed by atoms with Gasteiger partial charge in [0.25, 0.3) is 0 Å². The van der Waals surface area contributed by atoms with Crippen LogP contribution in [0.25, 0.3) is 10.9 Å². The molecular formula is C21H21F3N2O. The molecule has 0 radical (unpaired) electrons. The maximum Gasteiger partial charge on any atom is 0.418 e. The van der Waals surface area contributed by atoms with Crippen molar-refractivity contribution in [1.82, 2.24) is 4.98 Å². The van der Waals surface area contributed by atoms with Gasteiger partial charge in [0, 0.05) is 28.8 Å². The molecule has 4 rings (SSSR count). The topological polar surface area (TPSA) is 37.0 Å². The molecule has 142 valence electrons. The Kier molecular flexibility index (Phi) is 4.50. The van der Waals surface area contributed by atoms with Crippen molar-refractivity contribution in [2.45, 2.75) is 39.0 Å². The summed E-state index contributed by atoms with van der Waals surface area (Å²) in [6.07, 6.45) is -1.13. The Labute approximate surface area is 155 Å². The first kappa shape index (κ1) is 17.8. The van der Waals surface area contributed by atoms with E-state index in [1.54, 1.807) is 13.0 Å². The number of nitrogens with one attached hydrogen (secondary N) is 2. The van der Waals surface area contributed by atoms with Crippen molar-refractivity contribution < 1.29 is 17.9 Å². The van der Waals surface area contributed by atoms with E-state index in [9.17, 15) is 13.2 Å². The maximum atomic E-state index is 13.3. The van der Waals surface area contributed by atoms with E-state index in [0.29, 0.717) is 17.9 Å². The molecule has 1 heterocycles. The van der Waals surface area contributed by atoms with Crippen LogP contribution in [0.5, 0.6) is 5.75 Å². The maximum absolute atomic E-state index is 13.3. The fourth-order valence-corrected chi connectivity index (χ4v) is 3.74. The van der Waals surface area contributed by atoms with Gasteiger partial charge in [-0.3, -0.25) is 0 Å². The zero-order valence-electron chi connectivity index (χ0n) is 15.0. The highest BCUT2D eigenvalue weighted by atomic mass is 19.4. The minimum absolute atomic E-state index is 0.0909. The van der Waals surface area contributed by atoms with Crippen molar-refractivity contribution in [3.8, 4) is 5.75 Å². The summed E-state index contributed by atoms with van der Waals surface area (Å²) in [4.78, 5) is 3.43. The molecule has 1 aliphatic rings. The van der Waals surface area contributed by atoms with Crippen LogP contribution in [0.15, 0.2) is 36.4 Å². The van der Waals surface area contributed by atoms with Gasteiger partial charge in [-0.25, -0.2) is 0 Å². The number of alkyl halides is 3. The average Bonchev–Trinajstić information content (AvgIpc) is 3.21. The number of aryl methyl sites for hydroxylation is 2. The second-order valence-corrected chi connectivity index (χ2v) is 6.84. The SMILES string of the molecule is CCNc1ccc(COc2ccc3[nH]c4c(c3c2)CCC4)cc1C(F)(F)F. The highest BCUT2D eigenvalue weighted by molar-refractivity contribution is 5.86. The number of hydrogen-bond acceptors (Lipinski definition) is 2. The molecule has 27 heavy (non-hydrogen) atoms. The van der Waals surface area contributed by atoms with Crippen LogP contribution in [0.3, 0.4) is 0 Å². The first-order valence-corrected chi connectivity index (χ1v) is 9.16. The largest absolute Gasteiger partial charge is 0.489 e. The number of aromatic nitrogens is 1. The molecule has 1 aromatic heterocycles. The van der Waals surface area contributed by atoms with E-state index < -0.39 is 11.7 Å². The van der Waals surface area contributed by atoms with Gasteiger partial charge in [-0.1, -0.05) is 6.07 Å². The summed E-state index contributed by atoms with van der Waals surface area (Å²) in [6.45, 7) is 2.29. The first-order valence-electron chi connectivity index (χ1n) is 9.16. The molecule has 2 aromatic carbocycles. The summed E-state index contributed by atoms with van der Waals surface area (Å²) in [5.74, 6) is 0.667. The van der Waals surface area contributed by atoms with Crippen LogP contribution < -0.4 is 10.1 Å². The van der Waals surface area contributed by atoms with Crippen LogP contribution in [-0.2, 0) is 25.6 Å². The van der Waals surface area contributed by atoms with E-state index >= 15 is 0 Å². The van der Waals surface area contributed by atoms with Gasteiger partial charge in [-0.2, -0.15) is 13.2 Å². The third-order valence-corrected chi connectivity index (χ3v) is 4.98. The quantitative estimate of drug-likeness (QED) is 0.602. The molecule has 0 spiro atoms. The lowest BCUT2D eigenvalue weighted by atomic mass is 10.1. The van der Waals surface area contributed by atoms with Gasteiger partial charge >= 0.3 is 6.18 Å². The third-order valence-electron chi connectivity index (χ3n) is 4.98. The molecular weight excluding hydrogens is 353 g/mol. The number of anilines is 1. The Morgan fingerprint density at radius 1 is 1.11 bits per heavy atom. The summed E-state index contributed by atoms with van der Waals surface area (Å²) in [5.41, 5.74) is 3.63. The lowest BCUT2D eigenvalue weighted by molar-refractivity contribution is -0.137. The summed E-state index contributed by atoms with van der Waals surface area (Å²) >= 11 is 0. The van der Waals surface area contributed by atoms with Gasteiger partial charge in [0.05, 0.1) is 5.56 Å². The van der Waals surface area contributed by atoms with Gasteiger partial charge in [0.15, 0.2) is 0 Å². The van der Waals surface area contributed by atoms with E-state index in [1.807, 2.05) is 18.2 Å². The number of aromatic amines is 1. The van der Waals surface area contributed by atoms with Crippen molar-refractivity contribution in [3.63, 3.8) is 0 Å². The lowest BCUT2D eigenvalue weighted by Gasteiger charge is -2.15. The molecule has 0 atom stereocenters. The van der Waals surface area contributed by atoms with Crippen molar-refractivity contribution >= 4 is 16.6 Å². The van der Waals surface area contributed by atoms with Gasteiger partial charge in [0.2, 0.25) is 0 Å². The summed E-state index contributed by atoms with van der Waals surface area (Å²) in [7, 11) is 0. The molecule has 0 fully saturated rings. The molecule has 1 aliphatic carbocycles. The minimum atomic E-state index is -4.40. The Balaban J connectivity index is 1.55. The van der Waals surface area contributed by atoms with Gasteiger partial charge < -0.3 is 15.0 Å². The van der Waals surface area contributed by atoms with Gasteiger partial charge in [-0.05, 0) is 67.6 Å². The Hall–Kier alpha value is -2.63. The molecule has 0 amide bonds. The van der Waals surface area contributed by atoms with Crippen molar-refractivity contribution in [2.24, 2.45) is 0 Å². The van der Waals surface area contributed by atoms with Crippen molar-refractivity contribution in [1.29, 1.82) is 0 Å². The number of halogens is 3. The molecule has 0 saturated heterocycles. The fourth-order valence-electron chi connectivity index (χ4n) is 3.74. The standard InChI is InChI=1S/C21H21F3N2O/c1-2-25-20-8-6-13(10-17(20)21(22,23)24)12-27-14-7-9-19-16(11-14)15-4-3-5-18(15)26-19/h6-11,25-26H,2-5,12H2,1H3. The third kappa shape index (κ3) is 3.48. The van der Waals surface area contributed by atoms with Crippen LogP contribution in [-0.4, -0.2) is 11.5 Å². The van der Waals surface area contributed by atoms with Gasteiger partial charge in [0.1, 0.15) is 12.4 Å². The number of H-pyrrole nitrogens is 1. The molecule has 6 heteroatoms. The molecule has 0 saturated carbocycles. The predicted molar refractivity (Wildman–Crippen MR) is 100 cm³/mol. The number of ether oxygens (including phenoxy) is 1. The van der Waals surface area contributed by atoms with Crippen LogP contribution >= 0.6 is 0 Å². The van der Waals surface area contributed by atoms with E-state index in [4.69, 9.17) is 4.74 Å². The van der Waals surface area contributed by atoms with E-state index in [2.05, 4.69) is 10.3 Å². The normalized spacial score (nSPS) is 13.8. The number of fused-ring (bicyclic) bond motifs is 3. The molecule has 0 bridgehead atoms. The fraction of sp³-hybridized carbons (Fsp3) is 0.333. The van der Waals surface area contributed by atoms with E-state index in [0.717, 1.165) is 36.2 Å². The Morgan fingerprint density at radius 3 is 2.74 bits per heavy atom. The van der Waals surface area contributed by atoms with Crippen molar-refractivity contribution in [2.75, 3.05) is 11.9 Å². The molecule has 0 unspecified atom stereocenters. The highest BCUT2D eigenvalue weighted by Crippen LogP contribution is 2.36. The Bertz CT molecular complexity index is 975. The monoisotopic (exact) mass is 374 g/mol. The van der Waals surface area contributed by atoms with E-state index in [-0.39, 0.29) is 12.3 Å². The van der Waals surface area contributed by atoms with Crippen molar-refractivity contribution in [3.05, 3.63) is 58.8 Å². The van der Waals surface area contributed by atoms with Crippen LogP contribution in [0.1, 0.15) is 35.7 Å².